The number of benzene rings is 1. The van der Waals surface area contributed by atoms with Crippen molar-refractivity contribution in [1.82, 2.24) is 9.71 Å². The van der Waals surface area contributed by atoms with Gasteiger partial charge in [0.1, 0.15) is 6.10 Å². The van der Waals surface area contributed by atoms with Crippen LogP contribution in [0.2, 0.25) is 0 Å². The molecule has 0 saturated heterocycles. The number of hydrogen-bond donors (Lipinski definition) is 1. The molecule has 1 aromatic heterocycles. The van der Waals surface area contributed by atoms with E-state index in [0.717, 1.165) is 18.2 Å². The summed E-state index contributed by atoms with van der Waals surface area (Å²) >= 11 is 0. The van der Waals surface area contributed by atoms with Gasteiger partial charge >= 0.3 is 6.18 Å². The molecule has 0 unspecified atom stereocenters. The van der Waals surface area contributed by atoms with E-state index >= 15 is 0 Å². The molecule has 1 fully saturated rings. The molecule has 1 saturated carbocycles. The van der Waals surface area contributed by atoms with Gasteiger partial charge in [-0.3, -0.25) is 0 Å². The number of aromatic nitrogens is 1. The molecule has 1 aliphatic carbocycles. The molecule has 0 atom stereocenters. The number of hydrogen-bond acceptors (Lipinski definition) is 5. The second-order valence-electron chi connectivity index (χ2n) is 7.12. The van der Waals surface area contributed by atoms with Crippen LogP contribution in [-0.2, 0) is 16.2 Å². The number of ether oxygens (including phenoxy) is 2. The molecule has 3 rings (SSSR count). The lowest BCUT2D eigenvalue weighted by Crippen LogP contribution is -2.39. The standard InChI is InChI=1S/C20H22F4N2O4S/c1-2-29-18-9-8-16(11-17(18)21)31(27,28)26-14-4-6-15(7-5-14)30-19-10-3-13(12-25-19)20(22,23)24/h3,8-12,14-15,26H,2,4-7H2,1H3. The van der Waals surface area contributed by atoms with Gasteiger partial charge in [0, 0.05) is 18.3 Å². The van der Waals surface area contributed by atoms with Gasteiger partial charge in [0.25, 0.3) is 0 Å². The van der Waals surface area contributed by atoms with Crippen LogP contribution in [-0.4, -0.2) is 32.2 Å². The molecule has 0 bridgehead atoms. The first kappa shape index (κ1) is 23.3. The lowest BCUT2D eigenvalue weighted by atomic mass is 9.94. The SMILES string of the molecule is CCOc1ccc(S(=O)(=O)NC2CCC(Oc3ccc(C(F)(F)F)cn3)CC2)cc1F. The van der Waals surface area contributed by atoms with Crippen molar-refractivity contribution in [2.45, 2.75) is 55.8 Å². The van der Waals surface area contributed by atoms with E-state index in [0.29, 0.717) is 31.9 Å². The molecular formula is C20H22F4N2O4S. The Morgan fingerprint density at radius 1 is 1.13 bits per heavy atom. The summed E-state index contributed by atoms with van der Waals surface area (Å²) in [7, 11) is -3.91. The lowest BCUT2D eigenvalue weighted by molar-refractivity contribution is -0.137. The van der Waals surface area contributed by atoms with Crippen molar-refractivity contribution in [3.05, 3.63) is 47.9 Å². The maximum Gasteiger partial charge on any atom is 0.417 e. The van der Waals surface area contributed by atoms with Crippen molar-refractivity contribution in [1.29, 1.82) is 0 Å². The van der Waals surface area contributed by atoms with Gasteiger partial charge < -0.3 is 9.47 Å². The Morgan fingerprint density at radius 2 is 1.84 bits per heavy atom. The summed E-state index contributed by atoms with van der Waals surface area (Å²) in [5, 5.41) is 0. The molecule has 0 radical (unpaired) electrons. The van der Waals surface area contributed by atoms with Crippen LogP contribution < -0.4 is 14.2 Å². The van der Waals surface area contributed by atoms with Crippen molar-refractivity contribution in [2.75, 3.05) is 6.61 Å². The largest absolute Gasteiger partial charge is 0.491 e. The normalized spacial score (nSPS) is 19.8. The number of nitrogens with zero attached hydrogens (tertiary/aromatic N) is 1. The van der Waals surface area contributed by atoms with Gasteiger partial charge in [-0.05, 0) is 56.9 Å². The summed E-state index contributed by atoms with van der Waals surface area (Å²) < 4.78 is 90.1. The molecule has 0 spiro atoms. The van der Waals surface area contributed by atoms with Crippen molar-refractivity contribution < 1.29 is 35.5 Å². The van der Waals surface area contributed by atoms with E-state index in [-0.39, 0.29) is 35.3 Å². The maximum absolute atomic E-state index is 14.0. The fourth-order valence-electron chi connectivity index (χ4n) is 3.30. The Hall–Kier alpha value is -2.40. The predicted octanol–water partition coefficient (Wildman–Crippen LogP) is 4.31. The number of rotatable bonds is 7. The lowest BCUT2D eigenvalue weighted by Gasteiger charge is -2.29. The van der Waals surface area contributed by atoms with Crippen LogP contribution >= 0.6 is 0 Å². The summed E-state index contributed by atoms with van der Waals surface area (Å²) in [5.74, 6) is -0.691. The molecule has 6 nitrogen and oxygen atoms in total. The van der Waals surface area contributed by atoms with E-state index in [1.807, 2.05) is 0 Å². The summed E-state index contributed by atoms with van der Waals surface area (Å²) in [6.07, 6.45) is -2.12. The fourth-order valence-corrected chi connectivity index (χ4v) is 4.61. The van der Waals surface area contributed by atoms with Crippen LogP contribution in [0.1, 0.15) is 38.2 Å². The topological polar surface area (TPSA) is 77.5 Å². The summed E-state index contributed by atoms with van der Waals surface area (Å²) in [5.41, 5.74) is -0.858. The zero-order valence-corrected chi connectivity index (χ0v) is 17.5. The number of pyridine rings is 1. The minimum absolute atomic E-state index is 0.0176. The van der Waals surface area contributed by atoms with E-state index in [9.17, 15) is 26.0 Å². The molecule has 2 aromatic rings. The van der Waals surface area contributed by atoms with E-state index in [2.05, 4.69) is 9.71 Å². The minimum atomic E-state index is -4.47. The maximum atomic E-state index is 14.0. The highest BCUT2D eigenvalue weighted by Gasteiger charge is 2.31. The smallest absolute Gasteiger partial charge is 0.417 e. The van der Waals surface area contributed by atoms with Crippen LogP contribution in [0.15, 0.2) is 41.4 Å². The monoisotopic (exact) mass is 462 g/mol. The second-order valence-corrected chi connectivity index (χ2v) is 8.83. The number of halogens is 4. The number of alkyl halides is 3. The third-order valence-corrected chi connectivity index (χ3v) is 6.38. The molecule has 0 aliphatic heterocycles. The van der Waals surface area contributed by atoms with Crippen molar-refractivity contribution in [3.8, 4) is 11.6 Å². The Balaban J connectivity index is 1.54. The minimum Gasteiger partial charge on any atom is -0.491 e. The highest BCUT2D eigenvalue weighted by molar-refractivity contribution is 7.89. The Kier molecular flexibility index (Phi) is 7.05. The number of sulfonamides is 1. The molecule has 1 aliphatic rings. The van der Waals surface area contributed by atoms with Crippen molar-refractivity contribution in [2.24, 2.45) is 0 Å². The van der Waals surface area contributed by atoms with Gasteiger partial charge in [-0.1, -0.05) is 0 Å². The van der Waals surface area contributed by atoms with Gasteiger partial charge in [-0.2, -0.15) is 13.2 Å². The summed E-state index contributed by atoms with van der Waals surface area (Å²) in [6.45, 7) is 1.95. The van der Waals surface area contributed by atoms with Crippen molar-refractivity contribution in [3.63, 3.8) is 0 Å². The molecule has 0 amide bonds. The van der Waals surface area contributed by atoms with E-state index in [4.69, 9.17) is 9.47 Å². The zero-order chi connectivity index (χ0) is 22.6. The van der Waals surface area contributed by atoms with Gasteiger partial charge in [0.05, 0.1) is 17.1 Å². The molecule has 1 aromatic carbocycles. The zero-order valence-electron chi connectivity index (χ0n) is 16.7. The Labute approximate surface area is 177 Å². The van der Waals surface area contributed by atoms with Gasteiger partial charge in [0.2, 0.25) is 15.9 Å². The molecular weight excluding hydrogens is 440 g/mol. The molecule has 1 N–H and O–H groups in total. The van der Waals surface area contributed by atoms with Gasteiger partial charge in [0.15, 0.2) is 11.6 Å². The van der Waals surface area contributed by atoms with Crippen LogP contribution in [0.25, 0.3) is 0 Å². The first-order valence-electron chi connectivity index (χ1n) is 9.73. The third-order valence-electron chi connectivity index (χ3n) is 4.86. The predicted molar refractivity (Wildman–Crippen MR) is 104 cm³/mol. The molecule has 170 valence electrons. The summed E-state index contributed by atoms with van der Waals surface area (Å²) in [6, 6.07) is 5.17. The Morgan fingerprint density at radius 3 is 2.39 bits per heavy atom. The van der Waals surface area contributed by atoms with E-state index in [1.54, 1.807) is 6.92 Å². The van der Waals surface area contributed by atoms with Crippen molar-refractivity contribution >= 4 is 10.0 Å². The summed E-state index contributed by atoms with van der Waals surface area (Å²) in [4.78, 5) is 3.49. The van der Waals surface area contributed by atoms with Crippen LogP contribution in [0.5, 0.6) is 11.6 Å². The molecule has 31 heavy (non-hydrogen) atoms. The van der Waals surface area contributed by atoms with Crippen LogP contribution in [0, 0.1) is 5.82 Å². The van der Waals surface area contributed by atoms with Gasteiger partial charge in [-0.25, -0.2) is 22.5 Å². The average Bonchev–Trinajstić information content (AvgIpc) is 2.70. The van der Waals surface area contributed by atoms with Crippen LogP contribution in [0.4, 0.5) is 17.6 Å². The first-order valence-corrected chi connectivity index (χ1v) is 11.2. The van der Waals surface area contributed by atoms with Crippen LogP contribution in [0.3, 0.4) is 0 Å². The quantitative estimate of drug-likeness (QED) is 0.621. The Bertz CT molecular complexity index is 989. The second kappa shape index (κ2) is 9.39. The van der Waals surface area contributed by atoms with E-state index < -0.39 is 27.6 Å². The van der Waals surface area contributed by atoms with Gasteiger partial charge in [-0.15, -0.1) is 0 Å². The molecule has 1 heterocycles. The number of nitrogens with one attached hydrogen (secondary N) is 1. The average molecular weight is 462 g/mol. The highest BCUT2D eigenvalue weighted by Crippen LogP contribution is 2.30. The highest BCUT2D eigenvalue weighted by atomic mass is 32.2. The van der Waals surface area contributed by atoms with E-state index in [1.165, 1.54) is 12.1 Å². The first-order chi connectivity index (χ1) is 14.6. The fraction of sp³-hybridized carbons (Fsp3) is 0.450. The molecule has 11 heteroatoms. The third kappa shape index (κ3) is 6.07.